The molecule has 10 heteroatoms. The summed E-state index contributed by atoms with van der Waals surface area (Å²) in [5.74, 6) is 1.29. The Hall–Kier alpha value is -3.01. The average molecular weight is 486 g/mol. The maximum absolute atomic E-state index is 12.5. The molecular weight excluding hydrogens is 466 g/mol. The first-order valence-corrected chi connectivity index (χ1v) is 11.4. The summed E-state index contributed by atoms with van der Waals surface area (Å²) in [5.41, 5.74) is 2.02. The van der Waals surface area contributed by atoms with E-state index in [4.69, 9.17) is 28.6 Å². The summed E-state index contributed by atoms with van der Waals surface area (Å²) in [5, 5.41) is 11.3. The van der Waals surface area contributed by atoms with Gasteiger partial charge in [0.25, 0.3) is 0 Å². The highest BCUT2D eigenvalue weighted by atomic mass is 35.5. The van der Waals surface area contributed by atoms with Crippen LogP contribution in [0.2, 0.25) is 5.02 Å². The highest BCUT2D eigenvalue weighted by molar-refractivity contribution is 7.71. The van der Waals surface area contributed by atoms with Gasteiger partial charge in [0.1, 0.15) is 5.75 Å². The van der Waals surface area contributed by atoms with Crippen LogP contribution in [0, 0.1) is 4.77 Å². The zero-order valence-corrected chi connectivity index (χ0v) is 19.6. The van der Waals surface area contributed by atoms with Crippen molar-refractivity contribution in [2.75, 3.05) is 12.4 Å². The van der Waals surface area contributed by atoms with E-state index in [2.05, 4.69) is 20.5 Å². The minimum Gasteiger partial charge on any atom is -0.497 e. The van der Waals surface area contributed by atoms with E-state index in [1.165, 1.54) is 11.3 Å². The Morgan fingerprint density at radius 2 is 1.97 bits per heavy atom. The predicted molar refractivity (Wildman–Crippen MR) is 129 cm³/mol. The maximum Gasteiger partial charge on any atom is 0.227 e. The minimum atomic E-state index is -0.138. The van der Waals surface area contributed by atoms with Gasteiger partial charge in [-0.3, -0.25) is 14.5 Å². The number of hydrogen-bond acceptors (Lipinski definition) is 6. The molecule has 2 aromatic carbocycles. The van der Waals surface area contributed by atoms with Crippen molar-refractivity contribution in [3.63, 3.8) is 0 Å². The predicted octanol–water partition coefficient (Wildman–Crippen LogP) is 5.35. The van der Waals surface area contributed by atoms with E-state index in [0.717, 1.165) is 28.2 Å². The molecule has 0 unspecified atom stereocenters. The molecule has 0 saturated carbocycles. The summed E-state index contributed by atoms with van der Waals surface area (Å²) in [7, 11) is 1.62. The Bertz CT molecular complexity index is 1260. The molecule has 4 rings (SSSR count). The molecule has 2 heterocycles. The summed E-state index contributed by atoms with van der Waals surface area (Å²) >= 11 is 12.7. The summed E-state index contributed by atoms with van der Waals surface area (Å²) < 4.78 is 7.47. The monoisotopic (exact) mass is 485 g/mol. The molecule has 0 atom stereocenters. The Morgan fingerprint density at radius 1 is 1.22 bits per heavy atom. The molecule has 0 saturated heterocycles. The van der Waals surface area contributed by atoms with Gasteiger partial charge < -0.3 is 10.1 Å². The van der Waals surface area contributed by atoms with Crippen molar-refractivity contribution in [1.82, 2.24) is 19.7 Å². The van der Waals surface area contributed by atoms with Crippen molar-refractivity contribution in [3.05, 3.63) is 75.0 Å². The van der Waals surface area contributed by atoms with Gasteiger partial charge in [0.15, 0.2) is 15.7 Å². The lowest BCUT2D eigenvalue weighted by Gasteiger charge is -2.07. The lowest BCUT2D eigenvalue weighted by Crippen LogP contribution is -2.15. The van der Waals surface area contributed by atoms with Gasteiger partial charge in [-0.05, 0) is 54.2 Å². The molecule has 0 aliphatic rings. The van der Waals surface area contributed by atoms with Crippen molar-refractivity contribution in [2.45, 2.75) is 19.4 Å². The number of anilines is 1. The van der Waals surface area contributed by atoms with Crippen molar-refractivity contribution in [3.8, 4) is 17.1 Å². The third kappa shape index (κ3) is 5.42. The van der Waals surface area contributed by atoms with Crippen LogP contribution in [0.25, 0.3) is 11.4 Å². The van der Waals surface area contributed by atoms with Crippen molar-refractivity contribution >= 4 is 46.2 Å². The Kier molecular flexibility index (Phi) is 6.99. The Balaban J connectivity index is 1.36. The Morgan fingerprint density at radius 3 is 2.69 bits per heavy atom. The lowest BCUT2D eigenvalue weighted by atomic mass is 10.1. The zero-order chi connectivity index (χ0) is 22.5. The topological polar surface area (TPSA) is 84.8 Å². The van der Waals surface area contributed by atoms with Crippen LogP contribution in [-0.2, 0) is 17.8 Å². The number of carbonyl (C=O) groups is 1. The van der Waals surface area contributed by atoms with Crippen LogP contribution in [0.3, 0.4) is 0 Å². The molecule has 0 radical (unpaired) electrons. The second-order valence-electron chi connectivity index (χ2n) is 6.97. The minimum absolute atomic E-state index is 0.138. The van der Waals surface area contributed by atoms with E-state index in [9.17, 15) is 4.79 Å². The number of carbonyl (C=O) groups excluding carboxylic acids is 1. The first kappa shape index (κ1) is 22.2. The van der Waals surface area contributed by atoms with Gasteiger partial charge in [0, 0.05) is 41.0 Å². The van der Waals surface area contributed by atoms with Crippen LogP contribution in [0.15, 0.2) is 54.7 Å². The third-order valence-corrected chi connectivity index (χ3v) is 6.24. The number of hydrogen-bond donors (Lipinski definition) is 2. The van der Waals surface area contributed by atoms with Crippen LogP contribution in [0.5, 0.6) is 5.75 Å². The van der Waals surface area contributed by atoms with Crippen molar-refractivity contribution < 1.29 is 9.53 Å². The first-order valence-electron chi connectivity index (χ1n) is 9.80. The smallest absolute Gasteiger partial charge is 0.227 e. The van der Waals surface area contributed by atoms with Gasteiger partial charge in [0.2, 0.25) is 5.91 Å². The highest BCUT2D eigenvalue weighted by Gasteiger charge is 2.12. The molecule has 7 nitrogen and oxygen atoms in total. The number of rotatable bonds is 8. The second-order valence-corrected chi connectivity index (χ2v) is 8.90. The lowest BCUT2D eigenvalue weighted by molar-refractivity contribution is -0.116. The summed E-state index contributed by atoms with van der Waals surface area (Å²) in [6, 6.07) is 15.2. The van der Waals surface area contributed by atoms with E-state index < -0.39 is 0 Å². The first-order chi connectivity index (χ1) is 15.5. The van der Waals surface area contributed by atoms with Gasteiger partial charge in [-0.1, -0.05) is 23.7 Å². The molecule has 4 aromatic rings. The maximum atomic E-state index is 12.5. The summed E-state index contributed by atoms with van der Waals surface area (Å²) in [6.45, 7) is 0.394. The highest BCUT2D eigenvalue weighted by Crippen LogP contribution is 2.23. The van der Waals surface area contributed by atoms with Crippen LogP contribution in [0.4, 0.5) is 5.13 Å². The third-order valence-electron chi connectivity index (χ3n) is 4.76. The molecule has 0 spiro atoms. The fourth-order valence-electron chi connectivity index (χ4n) is 3.13. The number of benzene rings is 2. The van der Waals surface area contributed by atoms with Gasteiger partial charge in [-0.25, -0.2) is 4.98 Å². The van der Waals surface area contributed by atoms with E-state index >= 15 is 0 Å². The summed E-state index contributed by atoms with van der Waals surface area (Å²) in [6.07, 6.45) is 2.76. The van der Waals surface area contributed by atoms with Crippen LogP contribution >= 0.6 is 35.2 Å². The van der Waals surface area contributed by atoms with Gasteiger partial charge in [-0.2, -0.15) is 5.10 Å². The molecule has 2 aromatic heterocycles. The number of thiazole rings is 1. The van der Waals surface area contributed by atoms with E-state index in [1.54, 1.807) is 13.3 Å². The number of aromatic amines is 1. The molecular formula is C22H20ClN5O2S2. The number of nitrogens with zero attached hydrogens (tertiary/aromatic N) is 3. The average Bonchev–Trinajstić information content (AvgIpc) is 3.39. The van der Waals surface area contributed by atoms with Crippen LogP contribution in [0.1, 0.15) is 16.9 Å². The number of nitrogens with one attached hydrogen (secondary N) is 2. The fraction of sp³-hybridized carbons (Fsp3) is 0.182. The van der Waals surface area contributed by atoms with E-state index in [1.807, 2.05) is 53.1 Å². The fourth-order valence-corrected chi connectivity index (χ4v) is 4.34. The zero-order valence-electron chi connectivity index (χ0n) is 17.2. The quantitative estimate of drug-likeness (QED) is 0.329. The van der Waals surface area contributed by atoms with Crippen molar-refractivity contribution in [2.24, 2.45) is 0 Å². The molecule has 0 bridgehead atoms. The molecule has 0 fully saturated rings. The van der Waals surface area contributed by atoms with Crippen LogP contribution in [-0.4, -0.2) is 32.8 Å². The SMILES string of the molecule is COc1ccc(-c2n[nH]c(=S)n2CCC(=O)Nc2ncc(Cc3ccc(Cl)cc3)s2)cc1. The Labute approximate surface area is 199 Å². The second kappa shape index (κ2) is 10.1. The molecule has 1 amide bonds. The molecule has 164 valence electrons. The number of halogens is 1. The van der Waals surface area contributed by atoms with Gasteiger partial charge >= 0.3 is 0 Å². The number of amides is 1. The molecule has 32 heavy (non-hydrogen) atoms. The standard InChI is InChI=1S/C22H20ClN5O2S2/c1-30-17-8-4-15(5-9-17)20-26-27-22(31)28(20)11-10-19(29)25-21-24-13-18(32-21)12-14-2-6-16(23)7-3-14/h2-9,13H,10-12H2,1H3,(H,27,31)(H,24,25,29). The van der Waals surface area contributed by atoms with Gasteiger partial charge in [-0.15, -0.1) is 11.3 Å². The molecule has 2 N–H and O–H groups in total. The van der Waals surface area contributed by atoms with E-state index in [0.29, 0.717) is 27.3 Å². The number of ether oxygens (including phenoxy) is 1. The number of methoxy groups -OCH3 is 1. The van der Waals surface area contributed by atoms with Crippen molar-refractivity contribution in [1.29, 1.82) is 0 Å². The van der Waals surface area contributed by atoms with Gasteiger partial charge in [0.05, 0.1) is 7.11 Å². The molecule has 0 aliphatic carbocycles. The summed E-state index contributed by atoms with van der Waals surface area (Å²) in [4.78, 5) is 17.9. The largest absolute Gasteiger partial charge is 0.497 e. The normalized spacial score (nSPS) is 10.8. The van der Waals surface area contributed by atoms with E-state index in [-0.39, 0.29) is 12.3 Å². The molecule has 0 aliphatic heterocycles. The van der Waals surface area contributed by atoms with Crippen LogP contribution < -0.4 is 10.1 Å². The number of H-pyrrole nitrogens is 1. The number of aromatic nitrogens is 4.